The van der Waals surface area contributed by atoms with Gasteiger partial charge in [-0.25, -0.2) is 9.78 Å². The van der Waals surface area contributed by atoms with Crippen LogP contribution in [-0.4, -0.2) is 101 Å². The zero-order valence-electron chi connectivity index (χ0n) is 39.8. The van der Waals surface area contributed by atoms with Crippen molar-refractivity contribution in [1.82, 2.24) is 15.3 Å². The largest absolute Gasteiger partial charge is 0.461 e. The Morgan fingerprint density at radius 2 is 0.968 bits per heavy atom. The van der Waals surface area contributed by atoms with Crippen molar-refractivity contribution in [3.8, 4) is 0 Å². The van der Waals surface area contributed by atoms with Crippen LogP contribution >= 0.6 is 0 Å². The number of esters is 1. The van der Waals surface area contributed by atoms with E-state index in [2.05, 4.69) is 53.4 Å². The lowest BCUT2D eigenvalue weighted by Crippen LogP contribution is -2.32. The van der Waals surface area contributed by atoms with Crippen LogP contribution < -0.4 is 5.32 Å². The van der Waals surface area contributed by atoms with Crippen LogP contribution in [0.1, 0.15) is 204 Å². The average Bonchev–Trinajstić information content (AvgIpc) is 3.83. The van der Waals surface area contributed by atoms with Crippen LogP contribution in [0.5, 0.6) is 0 Å². The maximum absolute atomic E-state index is 13.0. The Morgan fingerprint density at radius 3 is 1.45 bits per heavy atom. The third-order valence-corrected chi connectivity index (χ3v) is 10.8. The zero-order valence-corrected chi connectivity index (χ0v) is 39.8. The first-order chi connectivity index (χ1) is 30.7. The topological polar surface area (TPSA) is 130 Å². The molecule has 1 atom stereocenters. The molecule has 1 amide bonds. The molecule has 1 unspecified atom stereocenters. The summed E-state index contributed by atoms with van der Waals surface area (Å²) in [4.78, 5) is 31.4. The number of hydrogen-bond donors (Lipinski definition) is 2. The quantitative estimate of drug-likeness (QED) is 0.0373. The molecule has 1 aromatic rings. The highest BCUT2D eigenvalue weighted by Gasteiger charge is 2.21. The van der Waals surface area contributed by atoms with Crippen molar-refractivity contribution < 1.29 is 38.0 Å². The van der Waals surface area contributed by atoms with Gasteiger partial charge in [-0.1, -0.05) is 154 Å². The lowest BCUT2D eigenvalue weighted by molar-refractivity contribution is -0.163. The van der Waals surface area contributed by atoms with Gasteiger partial charge in [-0.3, -0.25) is 4.79 Å². The molecule has 0 spiro atoms. The molecule has 0 aliphatic rings. The monoisotopic (exact) mass is 876 g/mol. The molecule has 0 aliphatic heterocycles. The molecule has 11 nitrogen and oxygen atoms in total. The number of nitrogens with zero attached hydrogens (tertiary/aromatic N) is 1. The summed E-state index contributed by atoms with van der Waals surface area (Å²) in [6, 6.07) is 0. The van der Waals surface area contributed by atoms with E-state index in [0.717, 1.165) is 25.7 Å². The van der Waals surface area contributed by atoms with Crippen LogP contribution in [0.25, 0.3) is 0 Å². The molecule has 1 aromatic heterocycles. The summed E-state index contributed by atoms with van der Waals surface area (Å²) < 4.78 is 34.1. The van der Waals surface area contributed by atoms with E-state index in [0.29, 0.717) is 58.5 Å². The lowest BCUT2D eigenvalue weighted by atomic mass is 10.1. The molecule has 62 heavy (non-hydrogen) atoms. The van der Waals surface area contributed by atoms with Gasteiger partial charge >= 0.3 is 5.97 Å². The normalized spacial score (nSPS) is 12.2. The molecule has 11 heteroatoms. The molecule has 0 fully saturated rings. The molecule has 0 aromatic carbocycles. The minimum atomic E-state index is -0.727. The number of imidazole rings is 1. The summed E-state index contributed by atoms with van der Waals surface area (Å²) in [5.74, 6) is -0.613. The number of carbonyl (C=O) groups excluding carboxylic acids is 2. The fraction of sp³-hybridized carbons (Fsp3) is 0.824. The fourth-order valence-electron chi connectivity index (χ4n) is 6.95. The predicted molar refractivity (Wildman–Crippen MR) is 254 cm³/mol. The van der Waals surface area contributed by atoms with Crippen molar-refractivity contribution in [3.63, 3.8) is 0 Å². The number of carbonyl (C=O) groups is 2. The second-order valence-electron chi connectivity index (χ2n) is 16.5. The predicted octanol–water partition coefficient (Wildman–Crippen LogP) is 12.2. The smallest absolute Gasteiger partial charge is 0.337 e. The number of rotatable bonds is 49. The van der Waals surface area contributed by atoms with E-state index < -0.39 is 12.1 Å². The Morgan fingerprint density at radius 1 is 0.532 bits per heavy atom. The molecule has 1 heterocycles. The van der Waals surface area contributed by atoms with E-state index >= 15 is 0 Å². The number of H-pyrrole nitrogens is 1. The molecule has 0 aliphatic carbocycles. The summed E-state index contributed by atoms with van der Waals surface area (Å²) in [6.07, 6.45) is 47.0. The van der Waals surface area contributed by atoms with Crippen molar-refractivity contribution in [2.45, 2.75) is 200 Å². The van der Waals surface area contributed by atoms with Gasteiger partial charge in [-0.2, -0.15) is 0 Å². The number of amides is 1. The molecule has 0 radical (unpaired) electrons. The highest BCUT2D eigenvalue weighted by atomic mass is 16.6. The molecule has 0 saturated heterocycles. The SMILES string of the molecule is CCCCCCCC/C=C\CCCCCCCCOCC(OCCCCCCCC/C=C\CCCCCCCC)C(=O)OCCOCCOCCOCCNC(=O)c1cnc[nH]1. The van der Waals surface area contributed by atoms with Crippen molar-refractivity contribution in [2.75, 3.05) is 72.6 Å². The van der Waals surface area contributed by atoms with E-state index in [-0.39, 0.29) is 25.7 Å². The Labute approximate surface area is 379 Å². The minimum absolute atomic E-state index is 0.148. The Bertz CT molecular complexity index is 1130. The van der Waals surface area contributed by atoms with Crippen LogP contribution in [0.3, 0.4) is 0 Å². The van der Waals surface area contributed by atoms with Gasteiger partial charge in [0.2, 0.25) is 0 Å². The average molecular weight is 876 g/mol. The highest BCUT2D eigenvalue weighted by molar-refractivity contribution is 5.91. The molecular formula is C51H93N3O8. The number of unbranched alkanes of at least 4 members (excludes halogenated alkanes) is 24. The summed E-state index contributed by atoms with van der Waals surface area (Å²) in [6.45, 7) is 8.72. The number of aromatic amines is 1. The summed E-state index contributed by atoms with van der Waals surface area (Å²) in [7, 11) is 0. The molecular weight excluding hydrogens is 783 g/mol. The highest BCUT2D eigenvalue weighted by Crippen LogP contribution is 2.13. The van der Waals surface area contributed by atoms with Crippen molar-refractivity contribution in [1.29, 1.82) is 0 Å². The van der Waals surface area contributed by atoms with Crippen molar-refractivity contribution in [3.05, 3.63) is 42.5 Å². The van der Waals surface area contributed by atoms with Crippen LogP contribution in [0.15, 0.2) is 36.8 Å². The Balaban J connectivity index is 2.17. The molecule has 360 valence electrons. The van der Waals surface area contributed by atoms with Gasteiger partial charge in [0.25, 0.3) is 5.91 Å². The first-order valence-electron chi connectivity index (χ1n) is 25.3. The van der Waals surface area contributed by atoms with Crippen LogP contribution in [0.4, 0.5) is 0 Å². The summed E-state index contributed by atoms with van der Waals surface area (Å²) in [5, 5.41) is 2.75. The standard InChI is InChI=1S/C51H93N3O8/c1-3-5-7-9-11-13-15-17-19-21-23-25-27-29-31-33-36-60-46-49(61-37-34-32-30-28-26-24-22-20-18-16-14-12-10-8-6-4-2)51(56)62-44-43-59-42-41-58-40-39-57-38-35-53-50(55)48-45-52-47-54-48/h17-20,45,47,49H,3-16,21-44,46H2,1-2H3,(H,52,54)(H,53,55)/b19-17-,20-18-. The number of allylic oxidation sites excluding steroid dienone is 4. The van der Waals surface area contributed by atoms with Gasteiger partial charge in [0.15, 0.2) is 6.10 Å². The number of ether oxygens (including phenoxy) is 6. The van der Waals surface area contributed by atoms with Crippen LogP contribution in [0.2, 0.25) is 0 Å². The maximum Gasteiger partial charge on any atom is 0.337 e. The van der Waals surface area contributed by atoms with Crippen LogP contribution in [-0.2, 0) is 33.2 Å². The first-order valence-corrected chi connectivity index (χ1v) is 25.3. The van der Waals surface area contributed by atoms with Gasteiger partial charge in [-0.15, -0.1) is 0 Å². The van der Waals surface area contributed by atoms with Gasteiger partial charge < -0.3 is 38.7 Å². The summed E-state index contributed by atoms with van der Waals surface area (Å²) in [5.41, 5.74) is 0.416. The number of aromatic nitrogens is 2. The Hall–Kier alpha value is -2.57. The second-order valence-corrected chi connectivity index (χ2v) is 16.5. The van der Waals surface area contributed by atoms with Gasteiger partial charge in [0.1, 0.15) is 12.3 Å². The molecule has 2 N–H and O–H groups in total. The summed E-state index contributed by atoms with van der Waals surface area (Å²) >= 11 is 0. The number of hydrogen-bond acceptors (Lipinski definition) is 9. The van der Waals surface area contributed by atoms with Gasteiger partial charge in [0.05, 0.1) is 58.8 Å². The molecule has 0 saturated carbocycles. The third kappa shape index (κ3) is 40.2. The van der Waals surface area contributed by atoms with Gasteiger partial charge in [0, 0.05) is 19.8 Å². The van der Waals surface area contributed by atoms with E-state index in [1.54, 1.807) is 0 Å². The Kier molecular flexibility index (Phi) is 44.4. The lowest BCUT2D eigenvalue weighted by Gasteiger charge is -2.17. The second kappa shape index (κ2) is 47.9. The van der Waals surface area contributed by atoms with E-state index in [9.17, 15) is 9.59 Å². The van der Waals surface area contributed by atoms with Crippen molar-refractivity contribution >= 4 is 11.9 Å². The fourth-order valence-corrected chi connectivity index (χ4v) is 6.95. The van der Waals surface area contributed by atoms with Gasteiger partial charge in [-0.05, 0) is 64.2 Å². The minimum Gasteiger partial charge on any atom is -0.461 e. The van der Waals surface area contributed by atoms with Crippen LogP contribution in [0, 0.1) is 0 Å². The zero-order chi connectivity index (χ0) is 44.5. The molecule has 0 bridgehead atoms. The van der Waals surface area contributed by atoms with Crippen molar-refractivity contribution in [2.24, 2.45) is 0 Å². The third-order valence-electron chi connectivity index (χ3n) is 10.8. The van der Waals surface area contributed by atoms with E-state index in [1.165, 1.54) is 167 Å². The van der Waals surface area contributed by atoms with E-state index in [4.69, 9.17) is 28.4 Å². The van der Waals surface area contributed by atoms with E-state index in [1.807, 2.05) is 0 Å². The molecule has 1 rings (SSSR count). The first kappa shape index (κ1) is 57.4. The maximum atomic E-state index is 13.0. The number of nitrogens with one attached hydrogen (secondary N) is 2.